The van der Waals surface area contributed by atoms with Gasteiger partial charge in [0.2, 0.25) is 23.6 Å². The molecule has 0 fully saturated rings. The number of amides is 4. The monoisotopic (exact) mass is 545 g/mol. The summed E-state index contributed by atoms with van der Waals surface area (Å²) in [5.41, 5.74) is 12.6. The van der Waals surface area contributed by atoms with Crippen LogP contribution in [0, 0.1) is 0 Å². The van der Waals surface area contributed by atoms with Crippen molar-refractivity contribution in [1.29, 1.82) is 0 Å². The minimum absolute atomic E-state index is 0.0177. The number of carbonyl (C=O) groups excluding carboxylic acids is 4. The van der Waals surface area contributed by atoms with Gasteiger partial charge in [0.1, 0.15) is 23.9 Å². The maximum absolute atomic E-state index is 13.1. The second kappa shape index (κ2) is 14.6. The fourth-order valence-electron chi connectivity index (χ4n) is 3.46. The molecule has 2 aromatic carbocycles. The first-order valence-electron chi connectivity index (χ1n) is 11.6. The molecular formula is C25H31N5O7S. The Hall–Kier alpha value is -4.10. The first kappa shape index (κ1) is 30.1. The van der Waals surface area contributed by atoms with Gasteiger partial charge >= 0.3 is 5.97 Å². The van der Waals surface area contributed by atoms with Crippen molar-refractivity contribution in [3.63, 3.8) is 0 Å². The third-order valence-corrected chi connectivity index (χ3v) is 5.84. The number of phenols is 1. The molecule has 4 unspecified atom stereocenters. The number of aromatic hydroxyl groups is 1. The highest BCUT2D eigenvalue weighted by molar-refractivity contribution is 7.80. The summed E-state index contributed by atoms with van der Waals surface area (Å²) in [6, 6.07) is 9.60. The van der Waals surface area contributed by atoms with Crippen LogP contribution in [-0.4, -0.2) is 69.7 Å². The number of phenolic OH excluding ortho intramolecular Hbond substituents is 1. The number of aliphatic carboxylic acids is 1. The topological polar surface area (TPSA) is 214 Å². The average molecular weight is 546 g/mol. The first-order valence-corrected chi connectivity index (χ1v) is 12.2. The van der Waals surface area contributed by atoms with E-state index in [0.717, 1.165) is 5.56 Å². The van der Waals surface area contributed by atoms with Crippen molar-refractivity contribution in [2.24, 2.45) is 11.5 Å². The Morgan fingerprint density at radius 1 is 0.763 bits per heavy atom. The maximum Gasteiger partial charge on any atom is 0.327 e. The molecular weight excluding hydrogens is 514 g/mol. The number of primary amides is 1. The molecule has 4 amide bonds. The van der Waals surface area contributed by atoms with E-state index in [4.69, 9.17) is 11.5 Å². The van der Waals surface area contributed by atoms with Crippen LogP contribution in [0.5, 0.6) is 5.75 Å². The van der Waals surface area contributed by atoms with Crippen LogP contribution in [-0.2, 0) is 36.8 Å². The molecule has 0 aliphatic carbocycles. The lowest BCUT2D eigenvalue weighted by atomic mass is 10.0. The zero-order valence-corrected chi connectivity index (χ0v) is 21.3. The average Bonchev–Trinajstić information content (AvgIpc) is 2.87. The molecule has 0 saturated carbocycles. The number of benzene rings is 2. The summed E-state index contributed by atoms with van der Waals surface area (Å²) in [6.07, 6.45) is -0.497. The molecule has 0 aromatic heterocycles. The van der Waals surface area contributed by atoms with E-state index in [-0.39, 0.29) is 24.3 Å². The van der Waals surface area contributed by atoms with Gasteiger partial charge in [-0.2, -0.15) is 12.6 Å². The van der Waals surface area contributed by atoms with E-state index in [2.05, 4.69) is 28.6 Å². The molecule has 9 N–H and O–H groups in total. The van der Waals surface area contributed by atoms with Gasteiger partial charge in [-0.1, -0.05) is 42.5 Å². The number of nitrogens with one attached hydrogen (secondary N) is 3. The summed E-state index contributed by atoms with van der Waals surface area (Å²) in [5, 5.41) is 25.9. The van der Waals surface area contributed by atoms with Crippen molar-refractivity contribution in [3.05, 3.63) is 65.7 Å². The molecule has 2 rings (SSSR count). The van der Waals surface area contributed by atoms with E-state index >= 15 is 0 Å². The van der Waals surface area contributed by atoms with Crippen molar-refractivity contribution in [2.75, 3.05) is 5.75 Å². The van der Waals surface area contributed by atoms with E-state index in [9.17, 15) is 34.2 Å². The normalized spacial score (nSPS) is 13.8. The smallest absolute Gasteiger partial charge is 0.327 e. The summed E-state index contributed by atoms with van der Waals surface area (Å²) in [6.45, 7) is 0. The molecule has 0 radical (unpaired) electrons. The zero-order chi connectivity index (χ0) is 28.2. The molecule has 0 heterocycles. The van der Waals surface area contributed by atoms with Crippen molar-refractivity contribution in [3.8, 4) is 5.75 Å². The Morgan fingerprint density at radius 3 is 1.84 bits per heavy atom. The summed E-state index contributed by atoms with van der Waals surface area (Å²) >= 11 is 3.92. The first-order chi connectivity index (χ1) is 18.0. The number of carboxylic acids is 1. The van der Waals surface area contributed by atoms with E-state index in [1.165, 1.54) is 24.3 Å². The molecule has 0 aliphatic rings. The number of thiol groups is 1. The number of hydrogen-bond donors (Lipinski definition) is 8. The minimum atomic E-state index is -1.45. The Morgan fingerprint density at radius 2 is 1.29 bits per heavy atom. The van der Waals surface area contributed by atoms with Crippen LogP contribution in [0.25, 0.3) is 0 Å². The van der Waals surface area contributed by atoms with Gasteiger partial charge in [0, 0.05) is 12.2 Å². The molecule has 0 aliphatic heterocycles. The third kappa shape index (κ3) is 9.75. The number of nitrogens with two attached hydrogens (primary N) is 2. The standard InChI is InChI=1S/C25H31N5O7S/c26-17(10-14-4-2-1-3-5-14)22(33)28-19(12-21(27)32)24(35)29-18(11-15-6-8-16(31)9-7-15)23(34)30-20(13-38)25(36)37/h1-9,17-20,31,38H,10-13,26H2,(H2,27,32)(H,28,33)(H,29,35)(H,30,34)(H,36,37). The maximum atomic E-state index is 13.1. The van der Waals surface area contributed by atoms with Crippen LogP contribution in [0.15, 0.2) is 54.6 Å². The quantitative estimate of drug-likeness (QED) is 0.135. The van der Waals surface area contributed by atoms with Gasteiger partial charge in [-0.25, -0.2) is 4.79 Å². The van der Waals surface area contributed by atoms with Crippen LogP contribution in [0.2, 0.25) is 0 Å². The van der Waals surface area contributed by atoms with E-state index in [0.29, 0.717) is 5.56 Å². The zero-order valence-electron chi connectivity index (χ0n) is 20.4. The molecule has 204 valence electrons. The molecule has 0 bridgehead atoms. The number of hydrogen-bond acceptors (Lipinski definition) is 8. The van der Waals surface area contributed by atoms with Gasteiger partial charge in [0.15, 0.2) is 0 Å². The highest BCUT2D eigenvalue weighted by Gasteiger charge is 2.31. The van der Waals surface area contributed by atoms with Crippen molar-refractivity contribution in [2.45, 2.75) is 43.4 Å². The van der Waals surface area contributed by atoms with E-state index in [1.54, 1.807) is 24.3 Å². The second-order valence-electron chi connectivity index (χ2n) is 8.54. The lowest BCUT2D eigenvalue weighted by Crippen LogP contribution is -2.58. The Labute approximate surface area is 224 Å². The van der Waals surface area contributed by atoms with Gasteiger partial charge in [-0.05, 0) is 29.7 Å². The molecule has 4 atom stereocenters. The fourth-order valence-corrected chi connectivity index (χ4v) is 3.70. The SMILES string of the molecule is NC(=O)CC(NC(=O)C(N)Cc1ccccc1)C(=O)NC(Cc1ccc(O)cc1)C(=O)NC(CS)C(=O)O. The minimum Gasteiger partial charge on any atom is -0.508 e. The van der Waals surface area contributed by atoms with Gasteiger partial charge in [0.05, 0.1) is 12.5 Å². The highest BCUT2D eigenvalue weighted by atomic mass is 32.1. The van der Waals surface area contributed by atoms with Gasteiger partial charge in [-0.15, -0.1) is 0 Å². The lowest BCUT2D eigenvalue weighted by Gasteiger charge is -2.24. The van der Waals surface area contributed by atoms with Gasteiger partial charge < -0.3 is 37.6 Å². The number of rotatable bonds is 14. The van der Waals surface area contributed by atoms with Crippen molar-refractivity contribution < 1.29 is 34.2 Å². The third-order valence-electron chi connectivity index (χ3n) is 5.48. The molecule has 0 saturated heterocycles. The number of carbonyl (C=O) groups is 5. The summed E-state index contributed by atoms with van der Waals surface area (Å²) in [7, 11) is 0. The molecule has 0 spiro atoms. The predicted molar refractivity (Wildman–Crippen MR) is 141 cm³/mol. The van der Waals surface area contributed by atoms with Crippen molar-refractivity contribution in [1.82, 2.24) is 16.0 Å². The van der Waals surface area contributed by atoms with Crippen molar-refractivity contribution >= 4 is 42.2 Å². The van der Waals surface area contributed by atoms with Gasteiger partial charge in [-0.3, -0.25) is 19.2 Å². The van der Waals surface area contributed by atoms with Crippen LogP contribution >= 0.6 is 12.6 Å². The Kier molecular flexibility index (Phi) is 11.6. The summed E-state index contributed by atoms with van der Waals surface area (Å²) in [4.78, 5) is 61.8. The van der Waals surface area contributed by atoms with Crippen LogP contribution in [0.3, 0.4) is 0 Å². The molecule has 38 heavy (non-hydrogen) atoms. The number of carboxylic acid groups (broad SMARTS) is 1. The van der Waals surface area contributed by atoms with Crippen LogP contribution in [0.1, 0.15) is 17.5 Å². The van der Waals surface area contributed by atoms with Gasteiger partial charge in [0.25, 0.3) is 0 Å². The predicted octanol–water partition coefficient (Wildman–Crippen LogP) is -1.15. The lowest BCUT2D eigenvalue weighted by molar-refractivity contribution is -0.141. The Bertz CT molecular complexity index is 1130. The van der Waals surface area contributed by atoms with Crippen LogP contribution < -0.4 is 27.4 Å². The molecule has 13 heteroatoms. The van der Waals surface area contributed by atoms with E-state index in [1.807, 2.05) is 6.07 Å². The van der Waals surface area contributed by atoms with Crippen LogP contribution in [0.4, 0.5) is 0 Å². The largest absolute Gasteiger partial charge is 0.508 e. The fraction of sp³-hybridized carbons (Fsp3) is 0.320. The Balaban J connectivity index is 2.20. The highest BCUT2D eigenvalue weighted by Crippen LogP contribution is 2.12. The second-order valence-corrected chi connectivity index (χ2v) is 8.91. The molecule has 12 nitrogen and oxygen atoms in total. The van der Waals surface area contributed by atoms with E-state index < -0.39 is 60.2 Å². The summed E-state index contributed by atoms with van der Waals surface area (Å²) in [5.74, 6) is -4.89. The molecule has 2 aromatic rings. The summed E-state index contributed by atoms with van der Waals surface area (Å²) < 4.78 is 0.